The highest BCUT2D eigenvalue weighted by atomic mass is 19.1. The molecule has 5 unspecified atom stereocenters. The first-order chi connectivity index (χ1) is 8.68. The fourth-order valence-electron chi connectivity index (χ4n) is 5.19. The second kappa shape index (κ2) is 3.53. The Balaban J connectivity index is 1.73. The largest absolute Gasteiger partial charge is 0.321 e. The Bertz CT molecular complexity index is 489. The van der Waals surface area contributed by atoms with Crippen molar-refractivity contribution in [1.29, 1.82) is 0 Å². The second-order valence-corrected chi connectivity index (χ2v) is 6.50. The van der Waals surface area contributed by atoms with E-state index in [1.165, 1.54) is 31.9 Å². The van der Waals surface area contributed by atoms with Crippen LogP contribution in [0.15, 0.2) is 18.5 Å². The van der Waals surface area contributed by atoms with Crippen molar-refractivity contribution in [2.24, 2.45) is 29.4 Å². The number of pyridine rings is 1. The molecule has 2 N–H and O–H groups in total. The van der Waals surface area contributed by atoms with Gasteiger partial charge in [-0.25, -0.2) is 4.39 Å². The maximum absolute atomic E-state index is 13.4. The number of nitrogens with zero attached hydrogens (tertiary/aromatic N) is 1. The van der Waals surface area contributed by atoms with E-state index in [1.54, 1.807) is 12.3 Å². The molecule has 2 nitrogen and oxygen atoms in total. The Hall–Kier alpha value is -0.960. The summed E-state index contributed by atoms with van der Waals surface area (Å²) in [5.41, 5.74) is 7.29. The maximum Gasteiger partial charge on any atom is 0.141 e. The lowest BCUT2D eigenvalue weighted by Gasteiger charge is -2.40. The molecule has 1 aromatic heterocycles. The summed E-state index contributed by atoms with van der Waals surface area (Å²) >= 11 is 0. The predicted octanol–water partition coefficient (Wildman–Crippen LogP) is 2.83. The molecule has 3 saturated carbocycles. The van der Waals surface area contributed by atoms with Crippen molar-refractivity contribution in [3.8, 4) is 0 Å². The van der Waals surface area contributed by atoms with Gasteiger partial charge in [0.15, 0.2) is 0 Å². The molecule has 0 saturated heterocycles. The standard InChI is InChI=1S/C15H19FN2/c16-11-5-10(7-18-8-11)15(17)6-9-4-14(15)13-3-1-2-12(9)13/h5,7-9,12-14H,1-4,6,17H2. The Kier molecular flexibility index (Phi) is 2.14. The number of halogens is 1. The Morgan fingerprint density at radius 3 is 2.94 bits per heavy atom. The van der Waals surface area contributed by atoms with E-state index < -0.39 is 0 Å². The first-order valence-electron chi connectivity index (χ1n) is 7.08. The van der Waals surface area contributed by atoms with Crippen LogP contribution < -0.4 is 5.73 Å². The molecule has 2 bridgehead atoms. The molecule has 18 heavy (non-hydrogen) atoms. The number of rotatable bonds is 1. The third kappa shape index (κ3) is 1.28. The van der Waals surface area contributed by atoms with Crippen LogP contribution in [0.3, 0.4) is 0 Å². The van der Waals surface area contributed by atoms with Gasteiger partial charge in [-0.05, 0) is 61.0 Å². The molecule has 0 amide bonds. The van der Waals surface area contributed by atoms with Crippen molar-refractivity contribution in [2.75, 3.05) is 0 Å². The molecule has 3 aliphatic carbocycles. The average molecular weight is 246 g/mol. The van der Waals surface area contributed by atoms with E-state index >= 15 is 0 Å². The number of nitrogens with two attached hydrogens (primary N) is 1. The van der Waals surface area contributed by atoms with E-state index in [0.717, 1.165) is 29.7 Å². The molecule has 0 spiro atoms. The second-order valence-electron chi connectivity index (χ2n) is 6.50. The van der Waals surface area contributed by atoms with E-state index in [-0.39, 0.29) is 11.4 Å². The number of aromatic nitrogens is 1. The van der Waals surface area contributed by atoms with Crippen molar-refractivity contribution < 1.29 is 4.39 Å². The summed E-state index contributed by atoms with van der Waals surface area (Å²) in [4.78, 5) is 3.99. The summed E-state index contributed by atoms with van der Waals surface area (Å²) in [5.74, 6) is 2.77. The zero-order chi connectivity index (χ0) is 12.3. The molecule has 0 radical (unpaired) electrons. The lowest BCUT2D eigenvalue weighted by molar-refractivity contribution is 0.156. The molecule has 96 valence electrons. The number of hydrogen-bond donors (Lipinski definition) is 1. The van der Waals surface area contributed by atoms with Crippen LogP contribution in [0.4, 0.5) is 4.39 Å². The minimum Gasteiger partial charge on any atom is -0.321 e. The zero-order valence-electron chi connectivity index (χ0n) is 10.5. The van der Waals surface area contributed by atoms with Gasteiger partial charge in [-0.2, -0.15) is 0 Å². The molecular weight excluding hydrogens is 227 g/mol. The topological polar surface area (TPSA) is 38.9 Å². The highest BCUT2D eigenvalue weighted by Crippen LogP contribution is 2.64. The maximum atomic E-state index is 13.4. The quantitative estimate of drug-likeness (QED) is 0.827. The predicted molar refractivity (Wildman–Crippen MR) is 67.1 cm³/mol. The summed E-state index contributed by atoms with van der Waals surface area (Å²) in [6, 6.07) is 1.59. The number of fused-ring (bicyclic) bond motifs is 5. The van der Waals surface area contributed by atoms with Crippen molar-refractivity contribution in [3.05, 3.63) is 29.8 Å². The van der Waals surface area contributed by atoms with Gasteiger partial charge < -0.3 is 5.73 Å². The molecular formula is C15H19FN2. The summed E-state index contributed by atoms with van der Waals surface area (Å²) < 4.78 is 13.4. The van der Waals surface area contributed by atoms with E-state index in [2.05, 4.69) is 4.98 Å². The summed E-state index contributed by atoms with van der Waals surface area (Å²) in [6.45, 7) is 0. The van der Waals surface area contributed by atoms with Crippen molar-refractivity contribution >= 4 is 0 Å². The SMILES string of the molecule is NC1(c2cncc(F)c2)CC2CC1C1CCCC21. The molecule has 1 heterocycles. The van der Waals surface area contributed by atoms with Gasteiger partial charge in [-0.3, -0.25) is 4.98 Å². The van der Waals surface area contributed by atoms with Crippen LogP contribution in [0.5, 0.6) is 0 Å². The van der Waals surface area contributed by atoms with Gasteiger partial charge in [0, 0.05) is 11.7 Å². The molecule has 3 fully saturated rings. The van der Waals surface area contributed by atoms with Crippen molar-refractivity contribution in [1.82, 2.24) is 4.98 Å². The normalized spacial score (nSPS) is 45.4. The van der Waals surface area contributed by atoms with E-state index in [0.29, 0.717) is 5.92 Å². The highest BCUT2D eigenvalue weighted by molar-refractivity contribution is 5.28. The summed E-state index contributed by atoms with van der Waals surface area (Å²) in [7, 11) is 0. The van der Waals surface area contributed by atoms with Crippen molar-refractivity contribution in [2.45, 2.75) is 37.6 Å². The lowest BCUT2D eigenvalue weighted by Crippen LogP contribution is -2.46. The van der Waals surface area contributed by atoms with E-state index in [1.807, 2.05) is 0 Å². The Morgan fingerprint density at radius 2 is 2.11 bits per heavy atom. The van der Waals surface area contributed by atoms with Gasteiger partial charge in [0.1, 0.15) is 5.82 Å². The first kappa shape index (κ1) is 10.9. The molecule has 3 heteroatoms. The molecule has 3 aliphatic rings. The fourth-order valence-corrected chi connectivity index (χ4v) is 5.19. The van der Waals surface area contributed by atoms with Gasteiger partial charge >= 0.3 is 0 Å². The fraction of sp³-hybridized carbons (Fsp3) is 0.667. The first-order valence-corrected chi connectivity index (χ1v) is 7.08. The van der Waals surface area contributed by atoms with Crippen LogP contribution in [0, 0.1) is 29.5 Å². The molecule has 0 aromatic carbocycles. The molecule has 4 rings (SSSR count). The molecule has 1 aromatic rings. The highest BCUT2D eigenvalue weighted by Gasteiger charge is 2.59. The Labute approximate surface area is 107 Å². The minimum atomic E-state index is -0.314. The van der Waals surface area contributed by atoms with Crippen LogP contribution in [0.25, 0.3) is 0 Å². The van der Waals surface area contributed by atoms with Crippen molar-refractivity contribution in [3.63, 3.8) is 0 Å². The summed E-state index contributed by atoms with van der Waals surface area (Å²) in [5, 5.41) is 0. The third-order valence-electron chi connectivity index (χ3n) is 5.81. The van der Waals surface area contributed by atoms with Gasteiger partial charge in [0.25, 0.3) is 0 Å². The minimum absolute atomic E-state index is 0.261. The summed E-state index contributed by atoms with van der Waals surface area (Å²) in [6.07, 6.45) is 9.40. The molecule has 0 aliphatic heterocycles. The van der Waals surface area contributed by atoms with Crippen LogP contribution in [0.1, 0.15) is 37.7 Å². The van der Waals surface area contributed by atoms with Crippen LogP contribution in [-0.2, 0) is 5.54 Å². The smallest absolute Gasteiger partial charge is 0.141 e. The molecule has 5 atom stereocenters. The van der Waals surface area contributed by atoms with Crippen LogP contribution in [-0.4, -0.2) is 4.98 Å². The Morgan fingerprint density at radius 1 is 1.28 bits per heavy atom. The van der Waals surface area contributed by atoms with Gasteiger partial charge in [0.2, 0.25) is 0 Å². The van der Waals surface area contributed by atoms with E-state index in [9.17, 15) is 4.39 Å². The van der Waals surface area contributed by atoms with E-state index in [4.69, 9.17) is 5.73 Å². The van der Waals surface area contributed by atoms with Crippen LogP contribution >= 0.6 is 0 Å². The third-order valence-corrected chi connectivity index (χ3v) is 5.81. The van der Waals surface area contributed by atoms with Gasteiger partial charge in [-0.15, -0.1) is 0 Å². The average Bonchev–Trinajstić information content (AvgIpc) is 2.99. The number of hydrogen-bond acceptors (Lipinski definition) is 2. The van der Waals surface area contributed by atoms with Gasteiger partial charge in [-0.1, -0.05) is 6.42 Å². The monoisotopic (exact) mass is 246 g/mol. The van der Waals surface area contributed by atoms with Crippen LogP contribution in [0.2, 0.25) is 0 Å². The zero-order valence-corrected chi connectivity index (χ0v) is 10.5. The van der Waals surface area contributed by atoms with Gasteiger partial charge in [0.05, 0.1) is 6.20 Å². The lowest BCUT2D eigenvalue weighted by atomic mass is 9.69.